The molecule has 0 spiro atoms. The lowest BCUT2D eigenvalue weighted by atomic mass is 9.49. The highest BCUT2D eigenvalue weighted by molar-refractivity contribution is 8.77. The summed E-state index contributed by atoms with van der Waals surface area (Å²) in [7, 11) is 3.58. The van der Waals surface area contributed by atoms with Crippen LogP contribution in [0, 0.1) is 46.3 Å². The van der Waals surface area contributed by atoms with Crippen LogP contribution in [0.2, 0.25) is 0 Å². The third-order valence-corrected chi connectivity index (χ3v) is 12.3. The van der Waals surface area contributed by atoms with E-state index in [0.29, 0.717) is 10.8 Å². The van der Waals surface area contributed by atoms with Gasteiger partial charge in [0.25, 0.3) is 0 Å². The second-order valence-electron chi connectivity index (χ2n) is 13.0. The van der Waals surface area contributed by atoms with Gasteiger partial charge in [-0.3, -0.25) is 9.98 Å². The minimum absolute atomic E-state index is 0. The highest BCUT2D eigenvalue weighted by Crippen LogP contribution is 2.61. The van der Waals surface area contributed by atoms with E-state index in [9.17, 15) is 0 Å². The lowest BCUT2D eigenvalue weighted by molar-refractivity contribution is -0.0466. The minimum Gasteiger partial charge on any atom is -0.387 e. The molecule has 8 saturated carbocycles. The molecule has 0 unspecified atom stereocenters. The molecule has 0 heterocycles. The van der Waals surface area contributed by atoms with Gasteiger partial charge in [0, 0.05) is 13.1 Å². The van der Waals surface area contributed by atoms with Crippen molar-refractivity contribution in [3.8, 4) is 0 Å². The zero-order valence-corrected chi connectivity index (χ0v) is 22.5. The van der Waals surface area contributed by atoms with E-state index < -0.39 is 0 Å². The topological polar surface area (TPSA) is 76.8 Å². The second kappa shape index (κ2) is 9.76. The van der Waals surface area contributed by atoms with Crippen molar-refractivity contribution < 1.29 is 0 Å². The predicted molar refractivity (Wildman–Crippen MR) is 146 cm³/mol. The Labute approximate surface area is 214 Å². The van der Waals surface area contributed by atoms with E-state index in [0.717, 1.165) is 71.8 Å². The maximum Gasteiger partial charge on any atom is 0.105 e. The van der Waals surface area contributed by atoms with Gasteiger partial charge >= 0.3 is 0 Å². The van der Waals surface area contributed by atoms with E-state index >= 15 is 0 Å². The molecule has 4 N–H and O–H groups in total. The zero-order chi connectivity index (χ0) is 21.8. The number of nitrogens with zero attached hydrogens (tertiary/aromatic N) is 2. The van der Waals surface area contributed by atoms with E-state index in [4.69, 9.17) is 21.5 Å². The van der Waals surface area contributed by atoms with Crippen LogP contribution < -0.4 is 11.5 Å². The summed E-state index contributed by atoms with van der Waals surface area (Å²) < 4.78 is 0. The largest absolute Gasteiger partial charge is 0.387 e. The van der Waals surface area contributed by atoms with Crippen LogP contribution >= 0.6 is 34.0 Å². The molecule has 0 radical (unpaired) electrons. The summed E-state index contributed by atoms with van der Waals surface area (Å²) in [6.45, 7) is 1.95. The number of nitrogens with two attached hydrogens (primary N) is 2. The SMILES string of the molecule is Cl.NC(CSSCC(N)=NCC12CC3CC(CC(C3)C1)C2)=NCC12CC3CC(CC(C3)C1)C2. The second-order valence-corrected chi connectivity index (χ2v) is 15.4. The number of amidine groups is 2. The van der Waals surface area contributed by atoms with Crippen LogP contribution in [0.3, 0.4) is 0 Å². The van der Waals surface area contributed by atoms with Crippen LogP contribution in [0.5, 0.6) is 0 Å². The lowest BCUT2D eigenvalue weighted by Gasteiger charge is -2.56. The molecular weight excluding hydrogens is 468 g/mol. The molecule has 8 bridgehead atoms. The average Bonchev–Trinajstić information content (AvgIpc) is 2.72. The van der Waals surface area contributed by atoms with Crippen LogP contribution in [0.1, 0.15) is 77.0 Å². The predicted octanol–water partition coefficient (Wildman–Crippen LogP) is 5.94. The first kappa shape index (κ1) is 24.6. The van der Waals surface area contributed by atoms with Crippen LogP contribution in [-0.4, -0.2) is 36.3 Å². The standard InChI is InChI=1S/C26H42N4S2.ClH/c27-23(29-15-25-7-17-1-18(8-25)3-19(2-17)9-25)13-31-32-14-24(28)30-16-26-10-20-4-21(11-26)6-22(5-20)12-26;/h17-22H,1-16H2,(H2,27,29)(H2,28,30);1H. The lowest BCUT2D eigenvalue weighted by Crippen LogP contribution is -2.47. The van der Waals surface area contributed by atoms with Gasteiger partial charge in [0.2, 0.25) is 0 Å². The van der Waals surface area contributed by atoms with E-state index in [2.05, 4.69) is 0 Å². The van der Waals surface area contributed by atoms with Crippen LogP contribution in [0.25, 0.3) is 0 Å². The third-order valence-electron chi connectivity index (χ3n) is 10.1. The number of aliphatic imine (C=N–C) groups is 2. The Hall–Kier alpha value is -0.0700. The fraction of sp³-hybridized carbons (Fsp3) is 0.923. The summed E-state index contributed by atoms with van der Waals surface area (Å²) >= 11 is 0. The Kier molecular flexibility index (Phi) is 7.28. The molecule has 0 saturated heterocycles. The van der Waals surface area contributed by atoms with Crippen molar-refractivity contribution in [2.24, 2.45) is 67.8 Å². The molecule has 7 heteroatoms. The van der Waals surface area contributed by atoms with Gasteiger partial charge in [0.15, 0.2) is 0 Å². The van der Waals surface area contributed by atoms with Crippen molar-refractivity contribution in [3.63, 3.8) is 0 Å². The molecule has 8 aliphatic carbocycles. The monoisotopic (exact) mass is 510 g/mol. The molecule has 8 aliphatic rings. The molecule has 33 heavy (non-hydrogen) atoms. The molecule has 8 fully saturated rings. The summed E-state index contributed by atoms with van der Waals surface area (Å²) in [5.41, 5.74) is 13.6. The molecule has 0 aromatic rings. The fourth-order valence-electron chi connectivity index (χ4n) is 9.80. The molecule has 8 rings (SSSR count). The first-order valence-corrected chi connectivity index (χ1v) is 15.8. The van der Waals surface area contributed by atoms with Crippen molar-refractivity contribution >= 4 is 45.7 Å². The van der Waals surface area contributed by atoms with Gasteiger partial charge in [-0.2, -0.15) is 0 Å². The molecule has 0 aromatic carbocycles. The summed E-state index contributed by atoms with van der Waals surface area (Å²) in [4.78, 5) is 9.74. The van der Waals surface area contributed by atoms with Crippen LogP contribution in [0.4, 0.5) is 0 Å². The van der Waals surface area contributed by atoms with Gasteiger partial charge in [0.05, 0.1) is 11.5 Å². The minimum atomic E-state index is 0. The molecule has 186 valence electrons. The van der Waals surface area contributed by atoms with Gasteiger partial charge in [-0.25, -0.2) is 0 Å². The quantitative estimate of drug-likeness (QED) is 0.174. The Morgan fingerprint density at radius 2 is 0.848 bits per heavy atom. The van der Waals surface area contributed by atoms with Gasteiger partial charge in [-0.15, -0.1) is 12.4 Å². The van der Waals surface area contributed by atoms with Crippen molar-refractivity contribution in [2.45, 2.75) is 77.0 Å². The molecule has 0 amide bonds. The Bertz CT molecular complexity index is 648. The first-order valence-electron chi connectivity index (χ1n) is 13.3. The third kappa shape index (κ3) is 5.38. The van der Waals surface area contributed by atoms with Crippen LogP contribution in [-0.2, 0) is 0 Å². The van der Waals surface area contributed by atoms with Crippen LogP contribution in [0.15, 0.2) is 9.98 Å². The first-order chi connectivity index (χ1) is 15.5. The van der Waals surface area contributed by atoms with Crippen molar-refractivity contribution in [1.82, 2.24) is 0 Å². The average molecular weight is 511 g/mol. The Morgan fingerprint density at radius 3 is 1.12 bits per heavy atom. The number of rotatable bonds is 9. The fourth-order valence-corrected chi connectivity index (χ4v) is 11.6. The summed E-state index contributed by atoms with van der Waals surface area (Å²) in [6.07, 6.45) is 17.4. The van der Waals surface area contributed by atoms with Gasteiger partial charge in [-0.1, -0.05) is 21.6 Å². The highest BCUT2D eigenvalue weighted by atomic mass is 35.5. The maximum absolute atomic E-state index is 6.30. The highest BCUT2D eigenvalue weighted by Gasteiger charge is 2.51. The maximum atomic E-state index is 6.30. The van der Waals surface area contributed by atoms with Crippen molar-refractivity contribution in [1.29, 1.82) is 0 Å². The molecule has 0 atom stereocenters. The summed E-state index contributed by atoms with van der Waals surface area (Å²) in [6, 6.07) is 0. The molecule has 0 aliphatic heterocycles. The molecular formula is C26H43ClN4S2. The molecule has 0 aromatic heterocycles. The van der Waals surface area contributed by atoms with E-state index in [1.165, 1.54) is 77.0 Å². The number of hydrogen-bond donors (Lipinski definition) is 2. The van der Waals surface area contributed by atoms with E-state index in [-0.39, 0.29) is 12.4 Å². The van der Waals surface area contributed by atoms with Crippen molar-refractivity contribution in [3.05, 3.63) is 0 Å². The number of halogens is 1. The van der Waals surface area contributed by atoms with Gasteiger partial charge in [0.1, 0.15) is 11.7 Å². The smallest absolute Gasteiger partial charge is 0.105 e. The molecule has 4 nitrogen and oxygen atoms in total. The summed E-state index contributed by atoms with van der Waals surface area (Å²) in [5.74, 6) is 9.19. The normalized spacial score (nSPS) is 45.5. The summed E-state index contributed by atoms with van der Waals surface area (Å²) in [5, 5.41) is 0. The Morgan fingerprint density at radius 1 is 0.576 bits per heavy atom. The van der Waals surface area contributed by atoms with Crippen molar-refractivity contribution in [2.75, 3.05) is 24.6 Å². The van der Waals surface area contributed by atoms with E-state index in [1.807, 2.05) is 0 Å². The van der Waals surface area contributed by atoms with Gasteiger partial charge < -0.3 is 11.5 Å². The van der Waals surface area contributed by atoms with Gasteiger partial charge in [-0.05, 0) is 123 Å². The Balaban J connectivity index is 0.00000228. The van der Waals surface area contributed by atoms with E-state index in [1.54, 1.807) is 21.6 Å². The zero-order valence-electron chi connectivity index (χ0n) is 20.1. The number of hydrogen-bond acceptors (Lipinski definition) is 4.